The predicted molar refractivity (Wildman–Crippen MR) is 99.3 cm³/mol. The molecule has 138 valence electrons. The van der Waals surface area contributed by atoms with E-state index in [4.69, 9.17) is 28.9 Å². The van der Waals surface area contributed by atoms with E-state index >= 15 is 0 Å². The Kier molecular flexibility index (Phi) is 11.4. The summed E-state index contributed by atoms with van der Waals surface area (Å²) in [6.07, 6.45) is 9.78. The van der Waals surface area contributed by atoms with Gasteiger partial charge >= 0.3 is 7.67 Å². The topological polar surface area (TPSA) is 69.8 Å². The second kappa shape index (κ2) is 12.1. The Labute approximate surface area is 151 Å². The van der Waals surface area contributed by atoms with Crippen molar-refractivity contribution in [2.75, 3.05) is 37.9 Å². The maximum absolute atomic E-state index is 12.3. The normalized spacial score (nSPS) is 23.2. The minimum Gasteiger partial charge on any atom is -0.328 e. The minimum absolute atomic E-state index is 0.343. The number of rotatable bonds is 6. The van der Waals surface area contributed by atoms with Crippen molar-refractivity contribution in [1.29, 1.82) is 0 Å². The lowest BCUT2D eigenvalue weighted by atomic mass is 9.97. The lowest BCUT2D eigenvalue weighted by molar-refractivity contribution is 0.252. The highest BCUT2D eigenvalue weighted by molar-refractivity contribution is 7.52. The summed E-state index contributed by atoms with van der Waals surface area (Å²) >= 11 is 11.3. The molecular weight excluding hydrogens is 356 g/mol. The number of alkyl halides is 2. The van der Waals surface area contributed by atoms with Gasteiger partial charge in [0.1, 0.15) is 0 Å². The van der Waals surface area contributed by atoms with Gasteiger partial charge in [-0.15, -0.1) is 23.2 Å². The van der Waals surface area contributed by atoms with Crippen molar-refractivity contribution in [3.05, 3.63) is 0 Å². The van der Waals surface area contributed by atoms with E-state index < -0.39 is 7.67 Å². The number of nitrogens with two attached hydrogens (primary N) is 1. The van der Waals surface area contributed by atoms with Crippen molar-refractivity contribution in [2.45, 2.75) is 57.4 Å². The third-order valence-electron chi connectivity index (χ3n) is 4.40. The summed E-state index contributed by atoms with van der Waals surface area (Å²) in [5, 5.41) is 0. The van der Waals surface area contributed by atoms with Gasteiger partial charge in [0.05, 0.1) is 0 Å². The first-order valence-electron chi connectivity index (χ1n) is 8.73. The molecule has 0 aromatic carbocycles. The van der Waals surface area contributed by atoms with Crippen molar-refractivity contribution in [3.63, 3.8) is 0 Å². The molecule has 1 saturated heterocycles. The van der Waals surface area contributed by atoms with Gasteiger partial charge in [-0.25, -0.2) is 9.34 Å². The second-order valence-corrected chi connectivity index (χ2v) is 9.17. The quantitative estimate of drug-likeness (QED) is 0.537. The Morgan fingerprint density at radius 1 is 1.00 bits per heavy atom. The monoisotopic (exact) mass is 387 g/mol. The molecule has 0 aromatic heterocycles. The van der Waals surface area contributed by atoms with Gasteiger partial charge in [-0.1, -0.05) is 25.7 Å². The smallest absolute Gasteiger partial charge is 0.328 e. The van der Waals surface area contributed by atoms with Crippen LogP contribution >= 0.6 is 30.9 Å². The van der Waals surface area contributed by atoms with E-state index in [2.05, 4.69) is 0 Å². The molecular formula is C15H32Cl2N3O2P. The zero-order valence-corrected chi connectivity index (χ0v) is 16.4. The molecule has 2 rings (SSSR count). The summed E-state index contributed by atoms with van der Waals surface area (Å²) in [7, 11) is -3.41. The van der Waals surface area contributed by atoms with E-state index in [9.17, 15) is 9.46 Å². The van der Waals surface area contributed by atoms with Gasteiger partial charge in [0.15, 0.2) is 0 Å². The third-order valence-corrected chi connectivity index (χ3v) is 7.02. The van der Waals surface area contributed by atoms with Crippen LogP contribution in [0.25, 0.3) is 0 Å². The molecule has 0 bridgehead atoms. The van der Waals surface area contributed by atoms with E-state index in [0.717, 1.165) is 19.3 Å². The van der Waals surface area contributed by atoms with Gasteiger partial charge in [-0.3, -0.25) is 4.57 Å². The lowest BCUT2D eigenvalue weighted by Gasteiger charge is -2.36. The Morgan fingerprint density at radius 3 is 1.87 bits per heavy atom. The summed E-state index contributed by atoms with van der Waals surface area (Å²) in [6, 6.07) is 0.536. The van der Waals surface area contributed by atoms with Crippen LogP contribution in [0.2, 0.25) is 0 Å². The second-order valence-electron chi connectivity index (χ2n) is 6.26. The summed E-state index contributed by atoms with van der Waals surface area (Å²) in [5.74, 6) is 0.685. The largest absolute Gasteiger partial charge is 0.343 e. The Morgan fingerprint density at radius 2 is 1.48 bits per heavy atom. The van der Waals surface area contributed by atoms with Gasteiger partial charge in [0.25, 0.3) is 0 Å². The van der Waals surface area contributed by atoms with Crippen LogP contribution in [0.4, 0.5) is 0 Å². The molecule has 2 fully saturated rings. The van der Waals surface area contributed by atoms with Gasteiger partial charge in [-0.2, -0.15) is 0 Å². The standard InChI is InChI=1S/C9H19Cl2N2O2P.C6H13N/c10-4-8-13(9-5-11)16(14,15)12-6-2-1-3-7-12;7-6-4-2-1-3-5-6/h1-9H2,(H,14,15);6H,1-5,7H2. The molecule has 2 aliphatic rings. The lowest BCUT2D eigenvalue weighted by Crippen LogP contribution is -2.36. The number of halogens is 2. The fourth-order valence-electron chi connectivity index (χ4n) is 3.02. The Hall–Kier alpha value is 0.650. The zero-order chi connectivity index (χ0) is 17.1. The molecule has 0 amide bonds. The van der Waals surface area contributed by atoms with Crippen LogP contribution in [0, 0.1) is 0 Å². The first-order chi connectivity index (χ1) is 11.0. The van der Waals surface area contributed by atoms with E-state index in [1.807, 2.05) is 0 Å². The number of hydrogen-bond acceptors (Lipinski definition) is 2. The fraction of sp³-hybridized carbons (Fsp3) is 1.00. The van der Waals surface area contributed by atoms with E-state index in [-0.39, 0.29) is 0 Å². The predicted octanol–water partition coefficient (Wildman–Crippen LogP) is 3.63. The maximum atomic E-state index is 12.3. The molecule has 0 radical (unpaired) electrons. The minimum atomic E-state index is -3.41. The number of hydrogen-bond donors (Lipinski definition) is 2. The molecule has 3 N–H and O–H groups in total. The van der Waals surface area contributed by atoms with Crippen LogP contribution < -0.4 is 5.73 Å². The van der Waals surface area contributed by atoms with Gasteiger partial charge < -0.3 is 10.6 Å². The van der Waals surface area contributed by atoms with Crippen molar-refractivity contribution >= 4 is 30.9 Å². The van der Waals surface area contributed by atoms with Crippen LogP contribution in [0.1, 0.15) is 51.4 Å². The Bertz CT molecular complexity index is 346. The van der Waals surface area contributed by atoms with Gasteiger partial charge in [0, 0.05) is 44.0 Å². The molecule has 0 aromatic rings. The summed E-state index contributed by atoms with van der Waals surface area (Å²) in [4.78, 5) is 10.2. The van der Waals surface area contributed by atoms with E-state index in [0.29, 0.717) is 44.0 Å². The van der Waals surface area contributed by atoms with Crippen molar-refractivity contribution < 1.29 is 9.46 Å². The first-order valence-corrected chi connectivity index (χ1v) is 11.4. The maximum Gasteiger partial charge on any atom is 0.343 e. The summed E-state index contributed by atoms with van der Waals surface area (Å²) in [5.41, 5.74) is 5.63. The van der Waals surface area contributed by atoms with Crippen LogP contribution in [0.3, 0.4) is 0 Å². The van der Waals surface area contributed by atoms with Crippen molar-refractivity contribution in [2.24, 2.45) is 5.73 Å². The van der Waals surface area contributed by atoms with Crippen molar-refractivity contribution in [3.8, 4) is 0 Å². The molecule has 0 spiro atoms. The van der Waals surface area contributed by atoms with E-state index in [1.165, 1.54) is 36.8 Å². The SMILES string of the molecule is NC1CCCCC1.O=P(O)(N(CCCl)CCCl)N1CCCCC1. The van der Waals surface area contributed by atoms with Crippen LogP contribution in [0.15, 0.2) is 0 Å². The molecule has 1 aliphatic carbocycles. The van der Waals surface area contributed by atoms with E-state index in [1.54, 1.807) is 4.67 Å². The highest BCUT2D eigenvalue weighted by Crippen LogP contribution is 2.49. The summed E-state index contributed by atoms with van der Waals surface area (Å²) < 4.78 is 15.5. The molecule has 8 heteroatoms. The number of piperidine rings is 1. The molecule has 1 heterocycles. The molecule has 1 aliphatic heterocycles. The third kappa shape index (κ3) is 8.04. The van der Waals surface area contributed by atoms with Crippen LogP contribution in [0.5, 0.6) is 0 Å². The fourth-order valence-corrected chi connectivity index (χ4v) is 5.54. The van der Waals surface area contributed by atoms with Crippen molar-refractivity contribution in [1.82, 2.24) is 9.34 Å². The summed E-state index contributed by atoms with van der Waals surface area (Å²) in [6.45, 7) is 2.18. The molecule has 1 atom stereocenters. The highest BCUT2D eigenvalue weighted by atomic mass is 35.5. The van der Waals surface area contributed by atoms with Crippen LogP contribution in [-0.2, 0) is 4.57 Å². The van der Waals surface area contributed by atoms with Gasteiger partial charge in [-0.05, 0) is 25.7 Å². The Balaban J connectivity index is 0.000000313. The number of nitrogens with zero attached hydrogens (tertiary/aromatic N) is 2. The molecule has 5 nitrogen and oxygen atoms in total. The average Bonchev–Trinajstić information content (AvgIpc) is 2.57. The molecule has 23 heavy (non-hydrogen) atoms. The average molecular weight is 388 g/mol. The first kappa shape index (κ1) is 21.7. The molecule has 1 saturated carbocycles. The highest BCUT2D eigenvalue weighted by Gasteiger charge is 2.35. The van der Waals surface area contributed by atoms with Gasteiger partial charge in [0.2, 0.25) is 0 Å². The zero-order valence-electron chi connectivity index (χ0n) is 14.0. The molecule has 1 unspecified atom stereocenters. The van der Waals surface area contributed by atoms with Crippen LogP contribution in [-0.4, -0.2) is 58.2 Å².